The topological polar surface area (TPSA) is 18.5 Å². The Balaban J connectivity index is 4.92. The predicted molar refractivity (Wildman–Crippen MR) is 83.6 cm³/mol. The van der Waals surface area contributed by atoms with E-state index in [0.29, 0.717) is 0 Å². The second-order valence-electron chi connectivity index (χ2n) is 6.14. The van der Waals surface area contributed by atoms with Crippen molar-refractivity contribution in [2.75, 3.05) is 27.4 Å². The van der Waals surface area contributed by atoms with Crippen LogP contribution in [0.2, 0.25) is 0 Å². The highest BCUT2D eigenvalue weighted by atomic mass is 16.5. The highest BCUT2D eigenvalue weighted by Gasteiger charge is 2.34. The van der Waals surface area contributed by atoms with Crippen molar-refractivity contribution in [1.29, 1.82) is 0 Å². The summed E-state index contributed by atoms with van der Waals surface area (Å²) in [6.45, 7) is 10.9. The van der Waals surface area contributed by atoms with Gasteiger partial charge in [0.1, 0.15) is 0 Å². The molecule has 0 aliphatic rings. The maximum atomic E-state index is 5.56. The monoisotopic (exact) mass is 272 g/mol. The van der Waals surface area contributed by atoms with Crippen LogP contribution < -0.4 is 0 Å². The summed E-state index contributed by atoms with van der Waals surface area (Å²) in [6.07, 6.45) is 7.50. The minimum absolute atomic E-state index is 0.205. The Morgan fingerprint density at radius 1 is 0.684 bits per heavy atom. The molecule has 0 unspecified atom stereocenters. The van der Waals surface area contributed by atoms with Gasteiger partial charge in [-0.1, -0.05) is 53.4 Å². The average molecular weight is 272 g/mol. The third kappa shape index (κ3) is 6.76. The number of hydrogen-bond acceptors (Lipinski definition) is 2. The van der Waals surface area contributed by atoms with Crippen LogP contribution in [0.25, 0.3) is 0 Å². The van der Waals surface area contributed by atoms with Crippen LogP contribution in [-0.4, -0.2) is 27.4 Å². The molecule has 0 atom stereocenters. The van der Waals surface area contributed by atoms with E-state index in [1.54, 1.807) is 0 Å². The molecular weight excluding hydrogens is 236 g/mol. The molecule has 0 amide bonds. The third-order valence-corrected chi connectivity index (χ3v) is 4.65. The first-order valence-electron chi connectivity index (χ1n) is 8.09. The van der Waals surface area contributed by atoms with Crippen LogP contribution in [0.5, 0.6) is 0 Å². The number of rotatable bonds is 12. The SMILES string of the molecule is CCC(CC)CC(COC)(COC)CC(CC)CC. The van der Waals surface area contributed by atoms with E-state index < -0.39 is 0 Å². The maximum Gasteiger partial charge on any atom is 0.0540 e. The van der Waals surface area contributed by atoms with Crippen molar-refractivity contribution >= 4 is 0 Å². The fourth-order valence-corrected chi connectivity index (χ4v) is 3.35. The van der Waals surface area contributed by atoms with Crippen LogP contribution in [0.1, 0.15) is 66.2 Å². The molecule has 2 heteroatoms. The number of hydrogen-bond donors (Lipinski definition) is 0. The summed E-state index contributed by atoms with van der Waals surface area (Å²) in [5, 5.41) is 0. The summed E-state index contributed by atoms with van der Waals surface area (Å²) in [5.74, 6) is 1.58. The van der Waals surface area contributed by atoms with E-state index in [2.05, 4.69) is 27.7 Å². The number of ether oxygens (including phenoxy) is 2. The van der Waals surface area contributed by atoms with Crippen molar-refractivity contribution in [3.05, 3.63) is 0 Å². The van der Waals surface area contributed by atoms with E-state index in [0.717, 1.165) is 25.0 Å². The van der Waals surface area contributed by atoms with Crippen molar-refractivity contribution in [3.8, 4) is 0 Å². The third-order valence-electron chi connectivity index (χ3n) is 4.65. The van der Waals surface area contributed by atoms with Crippen molar-refractivity contribution < 1.29 is 9.47 Å². The molecule has 0 rings (SSSR count). The van der Waals surface area contributed by atoms with Gasteiger partial charge in [0, 0.05) is 19.6 Å². The summed E-state index contributed by atoms with van der Waals surface area (Å²) in [4.78, 5) is 0. The maximum absolute atomic E-state index is 5.56. The number of methoxy groups -OCH3 is 2. The van der Waals surface area contributed by atoms with Gasteiger partial charge >= 0.3 is 0 Å². The van der Waals surface area contributed by atoms with Crippen LogP contribution in [0, 0.1) is 17.3 Å². The van der Waals surface area contributed by atoms with Gasteiger partial charge in [0.25, 0.3) is 0 Å². The van der Waals surface area contributed by atoms with Crippen LogP contribution >= 0.6 is 0 Å². The minimum atomic E-state index is 0.205. The first kappa shape index (κ1) is 18.9. The lowest BCUT2D eigenvalue weighted by molar-refractivity contribution is -0.0231. The molecule has 0 saturated carbocycles. The van der Waals surface area contributed by atoms with Crippen molar-refractivity contribution in [3.63, 3.8) is 0 Å². The van der Waals surface area contributed by atoms with Gasteiger partial charge in [-0.25, -0.2) is 0 Å². The zero-order chi connectivity index (χ0) is 14.7. The van der Waals surface area contributed by atoms with Gasteiger partial charge in [-0.3, -0.25) is 0 Å². The molecular formula is C17H36O2. The Kier molecular flexibility index (Phi) is 10.6. The molecule has 0 aromatic carbocycles. The van der Waals surface area contributed by atoms with Gasteiger partial charge in [-0.15, -0.1) is 0 Å². The van der Waals surface area contributed by atoms with Crippen LogP contribution in [0.4, 0.5) is 0 Å². The molecule has 0 N–H and O–H groups in total. The summed E-state index contributed by atoms with van der Waals surface area (Å²) >= 11 is 0. The van der Waals surface area contributed by atoms with Gasteiger partial charge in [0.2, 0.25) is 0 Å². The molecule has 0 spiro atoms. The quantitative estimate of drug-likeness (QED) is 0.502. The molecule has 19 heavy (non-hydrogen) atoms. The van der Waals surface area contributed by atoms with Crippen molar-refractivity contribution in [1.82, 2.24) is 0 Å². The van der Waals surface area contributed by atoms with E-state index in [9.17, 15) is 0 Å². The molecule has 0 heterocycles. The van der Waals surface area contributed by atoms with Crippen molar-refractivity contribution in [2.24, 2.45) is 17.3 Å². The fourth-order valence-electron chi connectivity index (χ4n) is 3.35. The summed E-state index contributed by atoms with van der Waals surface area (Å²) in [6, 6.07) is 0. The van der Waals surface area contributed by atoms with E-state index >= 15 is 0 Å². The molecule has 0 saturated heterocycles. The second kappa shape index (κ2) is 10.7. The highest BCUT2D eigenvalue weighted by molar-refractivity contribution is 4.84. The summed E-state index contributed by atoms with van der Waals surface area (Å²) in [5.41, 5.74) is 0.205. The van der Waals surface area contributed by atoms with Crippen molar-refractivity contribution in [2.45, 2.75) is 66.2 Å². The Bertz CT molecular complexity index is 173. The molecule has 0 bridgehead atoms. The van der Waals surface area contributed by atoms with E-state index in [4.69, 9.17) is 9.47 Å². The zero-order valence-corrected chi connectivity index (χ0v) is 14.1. The normalized spacial score (nSPS) is 12.6. The second-order valence-corrected chi connectivity index (χ2v) is 6.14. The lowest BCUT2D eigenvalue weighted by Gasteiger charge is -2.38. The average Bonchev–Trinajstić information content (AvgIpc) is 2.43. The van der Waals surface area contributed by atoms with Gasteiger partial charge in [-0.2, -0.15) is 0 Å². The summed E-state index contributed by atoms with van der Waals surface area (Å²) < 4.78 is 11.1. The zero-order valence-electron chi connectivity index (χ0n) is 14.1. The van der Waals surface area contributed by atoms with E-state index in [1.165, 1.54) is 38.5 Å². The van der Waals surface area contributed by atoms with Gasteiger partial charge in [-0.05, 0) is 24.7 Å². The molecule has 0 aromatic rings. The van der Waals surface area contributed by atoms with Gasteiger partial charge in [0.05, 0.1) is 13.2 Å². The molecule has 0 radical (unpaired) electrons. The van der Waals surface area contributed by atoms with Gasteiger partial charge in [0.15, 0.2) is 0 Å². The summed E-state index contributed by atoms with van der Waals surface area (Å²) in [7, 11) is 3.65. The molecule has 2 nitrogen and oxygen atoms in total. The van der Waals surface area contributed by atoms with Crippen LogP contribution in [0.3, 0.4) is 0 Å². The molecule has 116 valence electrons. The van der Waals surface area contributed by atoms with E-state index in [1.807, 2.05) is 14.2 Å². The Morgan fingerprint density at radius 3 is 1.21 bits per heavy atom. The first-order valence-corrected chi connectivity index (χ1v) is 8.09. The minimum Gasteiger partial charge on any atom is -0.384 e. The largest absolute Gasteiger partial charge is 0.384 e. The Morgan fingerprint density at radius 2 is 1.00 bits per heavy atom. The lowest BCUT2D eigenvalue weighted by atomic mass is 9.72. The molecule has 0 aliphatic heterocycles. The fraction of sp³-hybridized carbons (Fsp3) is 1.00. The Hall–Kier alpha value is -0.0800. The molecule has 0 fully saturated rings. The molecule has 0 aromatic heterocycles. The van der Waals surface area contributed by atoms with Crippen LogP contribution in [-0.2, 0) is 9.47 Å². The van der Waals surface area contributed by atoms with Gasteiger partial charge < -0.3 is 9.47 Å². The highest BCUT2D eigenvalue weighted by Crippen LogP contribution is 2.38. The smallest absolute Gasteiger partial charge is 0.0540 e. The lowest BCUT2D eigenvalue weighted by Crippen LogP contribution is -2.36. The van der Waals surface area contributed by atoms with Crippen LogP contribution in [0.15, 0.2) is 0 Å². The first-order chi connectivity index (χ1) is 9.11. The predicted octanol–water partition coefficient (Wildman–Crippen LogP) is 4.92. The Labute approximate surface area is 121 Å². The molecule has 0 aliphatic carbocycles. The standard InChI is InChI=1S/C17H36O2/c1-7-15(8-2)11-17(13-18-5,14-19-6)12-16(9-3)10-4/h15-16H,7-14H2,1-6H3. The van der Waals surface area contributed by atoms with E-state index in [-0.39, 0.29) is 5.41 Å².